The summed E-state index contributed by atoms with van der Waals surface area (Å²) < 4.78 is 5.35. The van der Waals surface area contributed by atoms with E-state index in [1.807, 2.05) is 24.3 Å². The van der Waals surface area contributed by atoms with Crippen molar-refractivity contribution in [2.45, 2.75) is 31.3 Å². The van der Waals surface area contributed by atoms with Crippen LogP contribution in [0.25, 0.3) is 11.1 Å². The Hall–Kier alpha value is -1.88. The highest BCUT2D eigenvalue weighted by molar-refractivity contribution is 7.98. The van der Waals surface area contributed by atoms with Gasteiger partial charge in [-0.05, 0) is 22.8 Å². The largest absolute Gasteiger partial charge is 0.475 e. The van der Waals surface area contributed by atoms with Crippen molar-refractivity contribution in [3.05, 3.63) is 35.6 Å². The van der Waals surface area contributed by atoms with Gasteiger partial charge in [0.15, 0.2) is 5.09 Å². The molecule has 2 aromatic rings. The van der Waals surface area contributed by atoms with E-state index in [1.54, 1.807) is 6.26 Å². The highest BCUT2D eigenvalue weighted by Gasteiger charge is 2.24. The van der Waals surface area contributed by atoms with Gasteiger partial charge >= 0.3 is 5.97 Å². The molecule has 4 nitrogen and oxygen atoms in total. The van der Waals surface area contributed by atoms with Crippen LogP contribution < -0.4 is 5.73 Å². The van der Waals surface area contributed by atoms with Crippen LogP contribution in [0.5, 0.6) is 0 Å². The first-order valence-electron chi connectivity index (χ1n) is 6.56. The van der Waals surface area contributed by atoms with Crippen molar-refractivity contribution in [3.63, 3.8) is 0 Å². The van der Waals surface area contributed by atoms with Crippen LogP contribution >= 0.6 is 11.8 Å². The molecule has 21 heavy (non-hydrogen) atoms. The van der Waals surface area contributed by atoms with Crippen LogP contribution in [0.1, 0.15) is 36.9 Å². The number of benzene rings is 1. The Bertz CT molecular complexity index is 666. The molecule has 1 aromatic carbocycles. The summed E-state index contributed by atoms with van der Waals surface area (Å²) in [6, 6.07) is 7.76. The number of anilines is 1. The van der Waals surface area contributed by atoms with Gasteiger partial charge in [-0.3, -0.25) is 0 Å². The van der Waals surface area contributed by atoms with E-state index >= 15 is 0 Å². The predicted molar refractivity (Wildman–Crippen MR) is 86.0 cm³/mol. The topological polar surface area (TPSA) is 76.5 Å². The summed E-state index contributed by atoms with van der Waals surface area (Å²) in [5, 5.41) is 9.72. The Labute approximate surface area is 128 Å². The molecule has 0 saturated carbocycles. The van der Waals surface area contributed by atoms with Crippen LogP contribution in [0.3, 0.4) is 0 Å². The van der Waals surface area contributed by atoms with Crippen LogP contribution in [0, 0.1) is 0 Å². The number of nitrogens with two attached hydrogens (primary N) is 1. The van der Waals surface area contributed by atoms with Gasteiger partial charge < -0.3 is 15.3 Å². The maximum atomic E-state index is 11.3. The van der Waals surface area contributed by atoms with Gasteiger partial charge in [-0.1, -0.05) is 56.8 Å². The number of thioether (sulfide) groups is 1. The number of nitrogen functional groups attached to an aromatic ring is 1. The monoisotopic (exact) mass is 305 g/mol. The summed E-state index contributed by atoms with van der Waals surface area (Å²) in [7, 11) is 0. The molecule has 0 bridgehead atoms. The van der Waals surface area contributed by atoms with E-state index in [9.17, 15) is 9.90 Å². The zero-order valence-corrected chi connectivity index (χ0v) is 13.4. The van der Waals surface area contributed by atoms with E-state index in [0.717, 1.165) is 5.56 Å². The van der Waals surface area contributed by atoms with Crippen molar-refractivity contribution in [2.75, 3.05) is 12.0 Å². The third kappa shape index (κ3) is 2.93. The molecule has 1 aromatic heterocycles. The Morgan fingerprint density at radius 3 is 2.24 bits per heavy atom. The lowest BCUT2D eigenvalue weighted by atomic mass is 9.86. The fraction of sp³-hybridized carbons (Fsp3) is 0.312. The first-order valence-corrected chi connectivity index (χ1v) is 7.78. The third-order valence-electron chi connectivity index (χ3n) is 3.33. The third-order valence-corrected chi connectivity index (χ3v) is 4.00. The SMILES string of the molecule is CSc1oc(C(=O)O)c(-c2ccc(C(C)(C)C)cc2)c1N. The van der Waals surface area contributed by atoms with Crippen LogP contribution in [0.4, 0.5) is 5.69 Å². The minimum absolute atomic E-state index is 0.0422. The van der Waals surface area contributed by atoms with E-state index in [2.05, 4.69) is 20.8 Å². The van der Waals surface area contributed by atoms with Gasteiger partial charge in [-0.2, -0.15) is 0 Å². The van der Waals surface area contributed by atoms with Gasteiger partial charge in [-0.25, -0.2) is 4.79 Å². The number of furan rings is 1. The van der Waals surface area contributed by atoms with Crippen molar-refractivity contribution < 1.29 is 14.3 Å². The van der Waals surface area contributed by atoms with E-state index in [0.29, 0.717) is 16.3 Å². The average Bonchev–Trinajstić information content (AvgIpc) is 2.75. The molecule has 112 valence electrons. The summed E-state index contributed by atoms with van der Waals surface area (Å²) >= 11 is 1.29. The molecule has 0 amide bonds. The van der Waals surface area contributed by atoms with Crippen LogP contribution in [-0.4, -0.2) is 17.3 Å². The minimum Gasteiger partial charge on any atom is -0.475 e. The standard InChI is InChI=1S/C16H19NO3S/c1-16(2,3)10-7-5-9(6-8-10)11-12(17)15(21-4)20-13(11)14(18)19/h5-8H,17H2,1-4H3,(H,18,19). The highest BCUT2D eigenvalue weighted by Crippen LogP contribution is 2.39. The Kier molecular flexibility index (Phi) is 4.05. The summed E-state index contributed by atoms with van der Waals surface area (Å²) in [5.74, 6) is -1.22. The number of carboxylic acid groups (broad SMARTS) is 1. The van der Waals surface area contributed by atoms with E-state index in [-0.39, 0.29) is 11.2 Å². The molecule has 0 aliphatic rings. The molecule has 0 fully saturated rings. The molecular weight excluding hydrogens is 286 g/mol. The van der Waals surface area contributed by atoms with E-state index < -0.39 is 5.97 Å². The molecule has 3 N–H and O–H groups in total. The van der Waals surface area contributed by atoms with E-state index in [4.69, 9.17) is 10.2 Å². The maximum Gasteiger partial charge on any atom is 0.372 e. The summed E-state index contributed by atoms with van der Waals surface area (Å²) in [6.07, 6.45) is 1.80. The van der Waals surface area contributed by atoms with Gasteiger partial charge in [0, 0.05) is 0 Å². The molecule has 0 radical (unpaired) electrons. The fourth-order valence-electron chi connectivity index (χ4n) is 2.15. The molecule has 0 spiro atoms. The average molecular weight is 305 g/mol. The van der Waals surface area contributed by atoms with Gasteiger partial charge in [0.05, 0.1) is 11.3 Å². The molecule has 0 atom stereocenters. The van der Waals surface area contributed by atoms with Crippen molar-refractivity contribution in [3.8, 4) is 11.1 Å². The molecular formula is C16H19NO3S. The number of rotatable bonds is 3. The second kappa shape index (κ2) is 5.48. The minimum atomic E-state index is -1.11. The van der Waals surface area contributed by atoms with Crippen molar-refractivity contribution in [2.24, 2.45) is 0 Å². The van der Waals surface area contributed by atoms with Crippen molar-refractivity contribution >= 4 is 23.4 Å². The Morgan fingerprint density at radius 2 is 1.81 bits per heavy atom. The maximum absolute atomic E-state index is 11.3. The molecule has 0 aliphatic heterocycles. The molecule has 1 heterocycles. The summed E-state index contributed by atoms with van der Waals surface area (Å²) in [6.45, 7) is 6.38. The Balaban J connectivity index is 2.56. The first kappa shape index (κ1) is 15.5. The van der Waals surface area contributed by atoms with Gasteiger partial charge in [-0.15, -0.1) is 0 Å². The quantitative estimate of drug-likeness (QED) is 0.829. The normalized spacial score (nSPS) is 11.6. The lowest BCUT2D eigenvalue weighted by Gasteiger charge is -2.19. The zero-order valence-electron chi connectivity index (χ0n) is 12.6. The van der Waals surface area contributed by atoms with Gasteiger partial charge in [0.1, 0.15) is 0 Å². The number of aromatic carboxylic acids is 1. The summed E-state index contributed by atoms with van der Waals surface area (Å²) in [5.41, 5.74) is 8.83. The number of carboxylic acids is 1. The smallest absolute Gasteiger partial charge is 0.372 e. The number of hydrogen-bond donors (Lipinski definition) is 2. The summed E-state index contributed by atoms with van der Waals surface area (Å²) in [4.78, 5) is 11.3. The first-order chi connectivity index (χ1) is 9.75. The van der Waals surface area contributed by atoms with Crippen LogP contribution in [-0.2, 0) is 5.41 Å². The van der Waals surface area contributed by atoms with Gasteiger partial charge in [0.2, 0.25) is 5.76 Å². The lowest BCUT2D eigenvalue weighted by Crippen LogP contribution is -2.10. The number of carbonyl (C=O) groups is 1. The van der Waals surface area contributed by atoms with E-state index in [1.165, 1.54) is 17.3 Å². The van der Waals surface area contributed by atoms with Gasteiger partial charge in [0.25, 0.3) is 0 Å². The second-order valence-corrected chi connectivity index (χ2v) is 6.62. The van der Waals surface area contributed by atoms with Crippen molar-refractivity contribution in [1.29, 1.82) is 0 Å². The molecule has 0 unspecified atom stereocenters. The molecule has 0 saturated heterocycles. The molecule has 5 heteroatoms. The van der Waals surface area contributed by atoms with Crippen molar-refractivity contribution in [1.82, 2.24) is 0 Å². The molecule has 0 aliphatic carbocycles. The zero-order chi connectivity index (χ0) is 15.8. The number of hydrogen-bond acceptors (Lipinski definition) is 4. The highest BCUT2D eigenvalue weighted by atomic mass is 32.2. The predicted octanol–water partition coefficient (Wildman–Crippen LogP) is 4.25. The Morgan fingerprint density at radius 1 is 1.24 bits per heavy atom. The van der Waals surface area contributed by atoms with Crippen LogP contribution in [0.15, 0.2) is 33.8 Å². The second-order valence-electron chi connectivity index (χ2n) is 5.84. The fourth-order valence-corrected chi connectivity index (χ4v) is 2.64. The lowest BCUT2D eigenvalue weighted by molar-refractivity contribution is 0.0658. The van der Waals surface area contributed by atoms with Crippen LogP contribution in [0.2, 0.25) is 0 Å². The molecule has 2 rings (SSSR count).